The highest BCUT2D eigenvalue weighted by Crippen LogP contribution is 2.29. The number of rotatable bonds is 15. The minimum atomic E-state index is -0.798. The summed E-state index contributed by atoms with van der Waals surface area (Å²) in [4.78, 5) is 24.8. The number of allylic oxidation sites excluding steroid dienone is 3. The molecule has 0 heterocycles. The van der Waals surface area contributed by atoms with Crippen LogP contribution in [0, 0.1) is 6.92 Å². The molecule has 0 saturated carbocycles. The Kier molecular flexibility index (Phi) is 12.2. The SMILES string of the molecule is C/C=C\S/C(=C\CC)C(=O)c1cc(CC)ccc1OCCCOc1ccc(CCC(=O)O)c(C)c1. The quantitative estimate of drug-likeness (QED) is 0.160. The average Bonchev–Trinajstić information content (AvgIpc) is 2.85. The van der Waals surface area contributed by atoms with Gasteiger partial charge in [0.1, 0.15) is 11.5 Å². The third kappa shape index (κ3) is 9.29. The molecule has 0 unspecified atom stereocenters. The predicted octanol–water partition coefficient (Wildman–Crippen LogP) is 7.17. The number of aliphatic carboxylic acids is 1. The number of carboxylic acids is 1. The van der Waals surface area contributed by atoms with Crippen molar-refractivity contribution in [2.75, 3.05) is 13.2 Å². The smallest absolute Gasteiger partial charge is 0.303 e. The highest BCUT2D eigenvalue weighted by Gasteiger charge is 2.18. The molecular formula is C29H36O5S. The molecule has 0 saturated heterocycles. The van der Waals surface area contributed by atoms with Crippen LogP contribution in [0.4, 0.5) is 0 Å². The predicted molar refractivity (Wildman–Crippen MR) is 144 cm³/mol. The lowest BCUT2D eigenvalue weighted by molar-refractivity contribution is -0.136. The van der Waals surface area contributed by atoms with E-state index in [1.807, 2.05) is 74.7 Å². The van der Waals surface area contributed by atoms with Crippen LogP contribution in [0.5, 0.6) is 11.5 Å². The third-order valence-corrected chi connectivity index (χ3v) is 6.39. The fourth-order valence-electron chi connectivity index (χ4n) is 3.47. The summed E-state index contributed by atoms with van der Waals surface area (Å²) in [5, 5.41) is 10.8. The van der Waals surface area contributed by atoms with Gasteiger partial charge in [-0.05, 0) is 79.5 Å². The number of thioether (sulfide) groups is 1. The van der Waals surface area contributed by atoms with E-state index in [0.717, 1.165) is 35.3 Å². The molecule has 5 nitrogen and oxygen atoms in total. The molecule has 0 radical (unpaired) electrons. The molecule has 6 heteroatoms. The van der Waals surface area contributed by atoms with Crippen LogP contribution in [-0.4, -0.2) is 30.1 Å². The molecule has 0 spiro atoms. The number of hydrogen-bond donors (Lipinski definition) is 1. The van der Waals surface area contributed by atoms with Crippen molar-refractivity contribution in [2.24, 2.45) is 0 Å². The molecule has 35 heavy (non-hydrogen) atoms. The number of benzene rings is 2. The van der Waals surface area contributed by atoms with Crippen molar-refractivity contribution in [1.29, 1.82) is 0 Å². The van der Waals surface area contributed by atoms with Gasteiger partial charge in [-0.3, -0.25) is 9.59 Å². The topological polar surface area (TPSA) is 72.8 Å². The van der Waals surface area contributed by atoms with Crippen LogP contribution >= 0.6 is 11.8 Å². The van der Waals surface area contributed by atoms with E-state index in [1.165, 1.54) is 11.8 Å². The second-order valence-corrected chi connectivity index (χ2v) is 9.06. The van der Waals surface area contributed by atoms with Gasteiger partial charge in [0.2, 0.25) is 5.78 Å². The van der Waals surface area contributed by atoms with E-state index in [9.17, 15) is 9.59 Å². The number of aryl methyl sites for hydroxylation is 3. The Hall–Kier alpha value is -2.99. The summed E-state index contributed by atoms with van der Waals surface area (Å²) in [5.74, 6) is 0.525. The first kappa shape index (κ1) is 28.2. The molecule has 0 aliphatic heterocycles. The zero-order chi connectivity index (χ0) is 25.6. The number of hydrogen-bond acceptors (Lipinski definition) is 5. The minimum Gasteiger partial charge on any atom is -0.493 e. The van der Waals surface area contributed by atoms with E-state index in [2.05, 4.69) is 6.92 Å². The van der Waals surface area contributed by atoms with Gasteiger partial charge in [-0.15, -0.1) is 0 Å². The maximum absolute atomic E-state index is 13.3. The summed E-state index contributed by atoms with van der Waals surface area (Å²) >= 11 is 1.43. The monoisotopic (exact) mass is 496 g/mol. The van der Waals surface area contributed by atoms with E-state index in [4.69, 9.17) is 14.6 Å². The molecule has 0 aliphatic rings. The fraction of sp³-hybridized carbons (Fsp3) is 0.379. The second-order valence-electron chi connectivity index (χ2n) is 8.11. The second kappa shape index (κ2) is 15.1. The zero-order valence-electron chi connectivity index (χ0n) is 21.1. The Morgan fingerprint density at radius 1 is 1.06 bits per heavy atom. The maximum atomic E-state index is 13.3. The van der Waals surface area contributed by atoms with Gasteiger partial charge in [0.05, 0.1) is 23.7 Å². The summed E-state index contributed by atoms with van der Waals surface area (Å²) in [6.45, 7) is 8.89. The van der Waals surface area contributed by atoms with E-state index in [-0.39, 0.29) is 12.2 Å². The minimum absolute atomic E-state index is 0.0186. The van der Waals surface area contributed by atoms with E-state index in [1.54, 1.807) is 0 Å². The van der Waals surface area contributed by atoms with E-state index in [0.29, 0.717) is 42.3 Å². The van der Waals surface area contributed by atoms with Crippen molar-refractivity contribution >= 4 is 23.5 Å². The largest absolute Gasteiger partial charge is 0.493 e. The van der Waals surface area contributed by atoms with Gasteiger partial charge in [0.15, 0.2) is 0 Å². The number of Topliss-reactive ketones (excluding diaryl/α,β-unsaturated/α-hetero) is 1. The van der Waals surface area contributed by atoms with Crippen LogP contribution in [-0.2, 0) is 17.6 Å². The normalized spacial score (nSPS) is 11.6. The van der Waals surface area contributed by atoms with Gasteiger partial charge in [-0.25, -0.2) is 0 Å². The lowest BCUT2D eigenvalue weighted by atomic mass is 10.0. The molecular weight excluding hydrogens is 460 g/mol. The molecule has 1 N–H and O–H groups in total. The standard InChI is InChI=1S/C29H36O5S/c1-5-9-27(35-18-6-2)29(32)25-20-22(7-3)10-14-26(25)34-17-8-16-33-24-13-11-23(21(4)19-24)12-15-28(30)31/h6,9-11,13-14,18-20H,5,7-8,12,15-17H2,1-4H3,(H,30,31)/b18-6-,27-9-. The molecule has 2 rings (SSSR count). The van der Waals surface area contributed by atoms with Gasteiger partial charge >= 0.3 is 5.97 Å². The van der Waals surface area contributed by atoms with Crippen molar-refractivity contribution in [1.82, 2.24) is 0 Å². The Labute approximate surface area is 213 Å². The molecule has 188 valence electrons. The van der Waals surface area contributed by atoms with Crippen molar-refractivity contribution in [3.05, 3.63) is 81.1 Å². The highest BCUT2D eigenvalue weighted by atomic mass is 32.2. The first-order chi connectivity index (χ1) is 16.9. The van der Waals surface area contributed by atoms with Crippen LogP contribution in [0.1, 0.15) is 67.1 Å². The number of carbonyl (C=O) groups is 2. The highest BCUT2D eigenvalue weighted by molar-refractivity contribution is 8.06. The first-order valence-corrected chi connectivity index (χ1v) is 13.0. The van der Waals surface area contributed by atoms with Crippen LogP contribution in [0.15, 0.2) is 58.9 Å². The first-order valence-electron chi connectivity index (χ1n) is 12.1. The Morgan fingerprint density at radius 3 is 2.49 bits per heavy atom. The summed E-state index contributed by atoms with van der Waals surface area (Å²) in [6, 6.07) is 11.5. The molecule has 0 aliphatic carbocycles. The third-order valence-electron chi connectivity index (χ3n) is 5.38. The summed E-state index contributed by atoms with van der Waals surface area (Å²) in [6.07, 6.45) is 6.80. The Morgan fingerprint density at radius 2 is 1.83 bits per heavy atom. The Balaban J connectivity index is 1.98. The molecule has 0 bridgehead atoms. The number of ketones is 1. The molecule has 0 amide bonds. The summed E-state index contributed by atoms with van der Waals surface area (Å²) in [7, 11) is 0. The molecule has 2 aromatic carbocycles. The zero-order valence-corrected chi connectivity index (χ0v) is 22.0. The van der Waals surface area contributed by atoms with Crippen molar-refractivity contribution in [2.45, 2.75) is 59.8 Å². The van der Waals surface area contributed by atoms with Gasteiger partial charge in [0, 0.05) is 12.8 Å². The lowest BCUT2D eigenvalue weighted by Gasteiger charge is -2.14. The maximum Gasteiger partial charge on any atom is 0.303 e. The lowest BCUT2D eigenvalue weighted by Crippen LogP contribution is -2.09. The fourth-order valence-corrected chi connectivity index (χ4v) is 4.23. The van der Waals surface area contributed by atoms with Gasteiger partial charge in [-0.1, -0.05) is 49.9 Å². The summed E-state index contributed by atoms with van der Waals surface area (Å²) < 4.78 is 11.9. The van der Waals surface area contributed by atoms with Crippen molar-refractivity contribution in [3.63, 3.8) is 0 Å². The van der Waals surface area contributed by atoms with Crippen LogP contribution in [0.2, 0.25) is 0 Å². The van der Waals surface area contributed by atoms with Crippen LogP contribution in [0.3, 0.4) is 0 Å². The number of carboxylic acid groups (broad SMARTS) is 1. The average molecular weight is 497 g/mol. The summed E-state index contributed by atoms with van der Waals surface area (Å²) in [5.41, 5.74) is 3.72. The van der Waals surface area contributed by atoms with Crippen molar-refractivity contribution in [3.8, 4) is 11.5 Å². The Bertz CT molecular complexity index is 1060. The van der Waals surface area contributed by atoms with Gasteiger partial charge in [0.25, 0.3) is 0 Å². The van der Waals surface area contributed by atoms with E-state index < -0.39 is 5.97 Å². The van der Waals surface area contributed by atoms with E-state index >= 15 is 0 Å². The molecule has 0 fully saturated rings. The molecule has 2 aromatic rings. The number of carbonyl (C=O) groups excluding carboxylic acids is 1. The number of ether oxygens (including phenoxy) is 2. The van der Waals surface area contributed by atoms with Crippen LogP contribution in [0.25, 0.3) is 0 Å². The van der Waals surface area contributed by atoms with Crippen molar-refractivity contribution < 1.29 is 24.2 Å². The van der Waals surface area contributed by atoms with Gasteiger partial charge in [-0.2, -0.15) is 0 Å². The van der Waals surface area contributed by atoms with Gasteiger partial charge < -0.3 is 14.6 Å². The van der Waals surface area contributed by atoms with Crippen LogP contribution < -0.4 is 9.47 Å². The molecule has 0 aromatic heterocycles. The molecule has 0 atom stereocenters.